The van der Waals surface area contributed by atoms with Gasteiger partial charge in [0.2, 0.25) is 0 Å². The van der Waals surface area contributed by atoms with E-state index in [-0.39, 0.29) is 31.9 Å². The fourth-order valence-electron chi connectivity index (χ4n) is 6.94. The van der Waals surface area contributed by atoms with Gasteiger partial charge < -0.3 is 14.9 Å². The predicted molar refractivity (Wildman–Crippen MR) is 160 cm³/mol. The summed E-state index contributed by atoms with van der Waals surface area (Å²) in [5.41, 5.74) is 0.759. The van der Waals surface area contributed by atoms with E-state index in [1.807, 2.05) is 0 Å². The second-order valence-corrected chi connectivity index (χ2v) is 14.2. The topological polar surface area (TPSA) is 0 Å². The van der Waals surface area contributed by atoms with Crippen LogP contribution in [0.5, 0.6) is 0 Å². The van der Waals surface area contributed by atoms with E-state index in [1.54, 1.807) is 15.6 Å². The fraction of sp³-hybridized carbons (Fsp3) is 0.412. The van der Waals surface area contributed by atoms with Crippen LogP contribution in [0, 0.1) is 26.7 Å². The van der Waals surface area contributed by atoms with Gasteiger partial charge in [0.15, 0.2) is 8.07 Å². The minimum absolute atomic E-state index is 0. The zero-order valence-corrected chi connectivity index (χ0v) is 25.2. The van der Waals surface area contributed by atoms with Crippen molar-refractivity contribution in [3.63, 3.8) is 0 Å². The van der Waals surface area contributed by atoms with Crippen LogP contribution in [0.4, 0.5) is 0 Å². The Hall–Kier alpha value is -1.60. The Kier molecular flexibility index (Phi) is 14.7. The monoisotopic (exact) mass is 540 g/mol. The van der Waals surface area contributed by atoms with Crippen LogP contribution in [0.25, 0.3) is 0 Å². The smallest absolute Gasteiger partial charge is 0.358 e. The van der Waals surface area contributed by atoms with Crippen molar-refractivity contribution in [1.29, 1.82) is 0 Å². The Bertz CT molecular complexity index is 832. The first-order valence-corrected chi connectivity index (χ1v) is 15.6. The SMILES string of the molecule is C1CCCC1.CCC1CCC([Si](c2ccccc2)(c2ccccc2)c2ccccc2)C1CC.[CH3-].[CH3-].[Fe+2]. The zero-order valence-electron chi connectivity index (χ0n) is 23.1. The first kappa shape index (κ1) is 32.4. The molecule has 0 aliphatic heterocycles. The largest absolute Gasteiger partial charge is 2.00 e. The second kappa shape index (κ2) is 16.3. The van der Waals surface area contributed by atoms with Crippen LogP contribution in [-0.4, -0.2) is 8.07 Å². The van der Waals surface area contributed by atoms with Gasteiger partial charge in [0, 0.05) is 0 Å². The third kappa shape index (κ3) is 6.83. The van der Waals surface area contributed by atoms with Gasteiger partial charge in [0.25, 0.3) is 0 Å². The van der Waals surface area contributed by atoms with Gasteiger partial charge in [-0.2, -0.15) is 0 Å². The van der Waals surface area contributed by atoms with E-state index in [1.165, 1.54) is 57.8 Å². The first-order valence-electron chi connectivity index (χ1n) is 13.5. The molecule has 0 radical (unpaired) electrons. The van der Waals surface area contributed by atoms with Crippen molar-refractivity contribution in [3.05, 3.63) is 106 Å². The normalized spacial score (nSPS) is 20.7. The Morgan fingerprint density at radius 2 is 0.917 bits per heavy atom. The van der Waals surface area contributed by atoms with Crippen molar-refractivity contribution < 1.29 is 17.1 Å². The number of rotatable bonds is 6. The molecule has 3 unspecified atom stereocenters. The van der Waals surface area contributed by atoms with Gasteiger partial charge in [0.05, 0.1) is 0 Å². The molecule has 0 spiro atoms. The molecule has 196 valence electrons. The average Bonchev–Trinajstić information content (AvgIpc) is 3.60. The molecule has 0 bridgehead atoms. The molecule has 2 aliphatic rings. The number of hydrogen-bond acceptors (Lipinski definition) is 0. The Morgan fingerprint density at radius 3 is 1.22 bits per heavy atom. The van der Waals surface area contributed by atoms with Crippen molar-refractivity contribution in [2.45, 2.75) is 77.2 Å². The molecule has 36 heavy (non-hydrogen) atoms. The van der Waals surface area contributed by atoms with Crippen molar-refractivity contribution in [2.24, 2.45) is 11.8 Å². The van der Waals surface area contributed by atoms with Gasteiger partial charge in [-0.15, -0.1) is 0 Å². The first-order chi connectivity index (χ1) is 16.3. The third-order valence-corrected chi connectivity index (χ3v) is 14.0. The molecule has 3 aromatic rings. The van der Waals surface area contributed by atoms with Crippen LogP contribution < -0.4 is 15.6 Å². The van der Waals surface area contributed by atoms with Crippen molar-refractivity contribution in [3.8, 4) is 0 Å². The van der Waals surface area contributed by atoms with Gasteiger partial charge in [-0.3, -0.25) is 0 Å². The van der Waals surface area contributed by atoms with E-state index < -0.39 is 8.07 Å². The van der Waals surface area contributed by atoms with Gasteiger partial charge in [0.1, 0.15) is 0 Å². The third-order valence-electron chi connectivity index (χ3n) is 8.46. The summed E-state index contributed by atoms with van der Waals surface area (Å²) in [4.78, 5) is 0. The second-order valence-electron chi connectivity index (χ2n) is 10.1. The van der Waals surface area contributed by atoms with E-state index in [0.717, 1.165) is 17.4 Å². The molecule has 0 aromatic heterocycles. The summed E-state index contributed by atoms with van der Waals surface area (Å²) in [6.07, 6.45) is 12.9. The molecule has 5 rings (SSSR count). The summed E-state index contributed by atoms with van der Waals surface area (Å²) in [6, 6.07) is 34.5. The summed E-state index contributed by atoms with van der Waals surface area (Å²) in [5.74, 6) is 1.69. The predicted octanol–water partition coefficient (Wildman–Crippen LogP) is 8.22. The quantitative estimate of drug-likeness (QED) is 0.168. The Morgan fingerprint density at radius 1 is 0.556 bits per heavy atom. The van der Waals surface area contributed by atoms with Crippen LogP contribution in [0.1, 0.15) is 71.6 Å². The summed E-state index contributed by atoms with van der Waals surface area (Å²) in [5, 5.41) is 4.73. The molecular formula is C34H48FeSi. The molecule has 0 amide bonds. The van der Waals surface area contributed by atoms with E-state index in [0.29, 0.717) is 0 Å². The van der Waals surface area contributed by atoms with E-state index >= 15 is 0 Å². The summed E-state index contributed by atoms with van der Waals surface area (Å²) < 4.78 is 0. The molecular weight excluding hydrogens is 492 g/mol. The summed E-state index contributed by atoms with van der Waals surface area (Å²) in [6.45, 7) is 4.82. The molecule has 2 heteroatoms. The van der Waals surface area contributed by atoms with Gasteiger partial charge in [-0.1, -0.05) is 163 Å². The van der Waals surface area contributed by atoms with Crippen LogP contribution in [0.15, 0.2) is 91.0 Å². The standard InChI is InChI=1S/C27H32Si.C5H10.2CH3.Fe/c1-3-22-20-21-27(26(22)4-2)28(23-14-8-5-9-15-23,24-16-10-6-11-17-24)25-18-12-7-13-19-25;1-2-4-5-3-1;;;/h5-19,22,26-27H,3-4,20-21H2,1-2H3;1-5H2;2*1H3;/q;;2*-1;+2. The maximum Gasteiger partial charge on any atom is 2.00 e. The van der Waals surface area contributed by atoms with Gasteiger partial charge in [-0.05, 0) is 32.9 Å². The summed E-state index contributed by atoms with van der Waals surface area (Å²) >= 11 is 0. The molecule has 0 heterocycles. The Labute approximate surface area is 234 Å². The van der Waals surface area contributed by atoms with Crippen molar-refractivity contribution in [2.75, 3.05) is 0 Å². The van der Waals surface area contributed by atoms with Crippen LogP contribution in [-0.2, 0) is 17.1 Å². The maximum absolute atomic E-state index is 2.42. The zero-order chi connectivity index (χ0) is 22.9. The van der Waals surface area contributed by atoms with Crippen molar-refractivity contribution >= 4 is 23.6 Å². The average molecular weight is 541 g/mol. The van der Waals surface area contributed by atoms with E-state index in [2.05, 4.69) is 105 Å². The van der Waals surface area contributed by atoms with Crippen molar-refractivity contribution in [1.82, 2.24) is 0 Å². The van der Waals surface area contributed by atoms with E-state index in [4.69, 9.17) is 0 Å². The molecule has 2 fully saturated rings. The van der Waals surface area contributed by atoms with Crippen LogP contribution >= 0.6 is 0 Å². The molecule has 3 atom stereocenters. The molecule has 3 aromatic carbocycles. The Balaban J connectivity index is 0.000000727. The molecule has 2 aliphatic carbocycles. The molecule has 0 saturated heterocycles. The molecule has 2 saturated carbocycles. The fourth-order valence-corrected chi connectivity index (χ4v) is 13.1. The molecule has 0 N–H and O–H groups in total. The van der Waals surface area contributed by atoms with E-state index in [9.17, 15) is 0 Å². The minimum Gasteiger partial charge on any atom is -0.358 e. The number of hydrogen-bond donors (Lipinski definition) is 0. The van der Waals surface area contributed by atoms with Crippen LogP contribution in [0.2, 0.25) is 5.54 Å². The maximum atomic E-state index is 2.42. The van der Waals surface area contributed by atoms with Gasteiger partial charge in [-0.25, -0.2) is 0 Å². The van der Waals surface area contributed by atoms with Gasteiger partial charge >= 0.3 is 17.1 Å². The van der Waals surface area contributed by atoms with Crippen LogP contribution in [0.3, 0.4) is 0 Å². The molecule has 0 nitrogen and oxygen atoms in total. The summed E-state index contributed by atoms with van der Waals surface area (Å²) in [7, 11) is -2.13. The number of benzene rings is 3. The minimum atomic E-state index is -2.13.